The number of amides is 1. The number of halogens is 3. The van der Waals surface area contributed by atoms with Gasteiger partial charge in [0.2, 0.25) is 11.9 Å². The Morgan fingerprint density at radius 2 is 1.82 bits per heavy atom. The monoisotopic (exact) mass is 477 g/mol. The van der Waals surface area contributed by atoms with Crippen molar-refractivity contribution in [2.45, 2.75) is 64.9 Å². The van der Waals surface area contributed by atoms with Gasteiger partial charge < -0.3 is 19.9 Å². The van der Waals surface area contributed by atoms with Crippen molar-refractivity contribution in [2.75, 3.05) is 28.7 Å². The minimum atomic E-state index is -4.73. The number of benzene rings is 1. The molecule has 0 bridgehead atoms. The third-order valence-corrected chi connectivity index (χ3v) is 6.56. The van der Waals surface area contributed by atoms with E-state index in [1.165, 1.54) is 12.1 Å². The predicted octanol–water partition coefficient (Wildman–Crippen LogP) is 5.30. The number of anilines is 3. The SMILES string of the molecule is C[C@@H](Nc1ncc2c(n1)N(C1CCCC1)CC(C)(C)C(=O)N2C)c1ccc(OC(F)(F)F)cc1. The Morgan fingerprint density at radius 3 is 2.44 bits per heavy atom. The highest BCUT2D eigenvalue weighted by atomic mass is 19.4. The van der Waals surface area contributed by atoms with Gasteiger partial charge in [-0.1, -0.05) is 25.0 Å². The number of hydrogen-bond donors (Lipinski definition) is 1. The summed E-state index contributed by atoms with van der Waals surface area (Å²) in [5, 5.41) is 3.24. The molecule has 0 radical (unpaired) electrons. The summed E-state index contributed by atoms with van der Waals surface area (Å²) in [4.78, 5) is 26.2. The summed E-state index contributed by atoms with van der Waals surface area (Å²) in [6.07, 6.45) is 1.37. The summed E-state index contributed by atoms with van der Waals surface area (Å²) in [6, 6.07) is 5.76. The normalized spacial score (nSPS) is 19.6. The fraction of sp³-hybridized carbons (Fsp3) is 0.542. The molecule has 4 rings (SSSR count). The van der Waals surface area contributed by atoms with E-state index in [1.54, 1.807) is 30.3 Å². The fourth-order valence-electron chi connectivity index (χ4n) is 4.77. The van der Waals surface area contributed by atoms with E-state index in [-0.39, 0.29) is 17.7 Å². The third kappa shape index (κ3) is 5.05. The van der Waals surface area contributed by atoms with Crippen LogP contribution in [0.1, 0.15) is 58.1 Å². The lowest BCUT2D eigenvalue weighted by molar-refractivity contribution is -0.274. The van der Waals surface area contributed by atoms with Gasteiger partial charge in [0.15, 0.2) is 5.82 Å². The second kappa shape index (κ2) is 8.96. The Hall–Kier alpha value is -3.04. The standard InChI is InChI=1S/C24H30F3N5O2/c1-15(16-9-11-18(12-10-16)34-24(25,26)27)29-22-28-13-19-20(30-22)32(17-7-5-6-8-17)14-23(2,3)21(33)31(19)4/h9-13,15,17H,5-8,14H2,1-4H3,(H,28,29,30)/t15-/m1/s1. The minimum Gasteiger partial charge on any atom is -0.406 e. The molecule has 1 aliphatic heterocycles. The van der Waals surface area contributed by atoms with Crippen molar-refractivity contribution in [3.63, 3.8) is 0 Å². The molecule has 1 aromatic carbocycles. The molecule has 184 valence electrons. The molecule has 1 fully saturated rings. The molecule has 1 amide bonds. The van der Waals surface area contributed by atoms with Gasteiger partial charge in [0, 0.05) is 19.6 Å². The van der Waals surface area contributed by atoms with Gasteiger partial charge in [-0.15, -0.1) is 13.2 Å². The van der Waals surface area contributed by atoms with E-state index in [0.29, 0.717) is 24.2 Å². The number of hydrogen-bond acceptors (Lipinski definition) is 6. The highest BCUT2D eigenvalue weighted by Crippen LogP contribution is 2.40. The van der Waals surface area contributed by atoms with Crippen LogP contribution in [0.5, 0.6) is 5.75 Å². The van der Waals surface area contributed by atoms with Crippen molar-refractivity contribution in [3.05, 3.63) is 36.0 Å². The van der Waals surface area contributed by atoms with Crippen LogP contribution in [0.25, 0.3) is 0 Å². The Morgan fingerprint density at radius 1 is 1.18 bits per heavy atom. The maximum atomic E-state index is 13.1. The topological polar surface area (TPSA) is 70.6 Å². The molecule has 2 aliphatic rings. The van der Waals surface area contributed by atoms with E-state index in [9.17, 15) is 18.0 Å². The zero-order valence-corrected chi connectivity index (χ0v) is 19.8. The summed E-state index contributed by atoms with van der Waals surface area (Å²) < 4.78 is 41.2. The Kier molecular flexibility index (Phi) is 6.35. The first kappa shape index (κ1) is 24.1. The predicted molar refractivity (Wildman–Crippen MR) is 124 cm³/mol. The average molecular weight is 478 g/mol. The summed E-state index contributed by atoms with van der Waals surface area (Å²) in [5.74, 6) is 0.873. The van der Waals surface area contributed by atoms with Gasteiger partial charge in [0.05, 0.1) is 17.7 Å². The lowest BCUT2D eigenvalue weighted by atomic mass is 9.91. The van der Waals surface area contributed by atoms with E-state index in [1.807, 2.05) is 20.8 Å². The largest absolute Gasteiger partial charge is 0.573 e. The minimum absolute atomic E-state index is 0.0214. The van der Waals surface area contributed by atoms with Crippen LogP contribution in [-0.4, -0.2) is 41.9 Å². The maximum Gasteiger partial charge on any atom is 0.573 e. The summed E-state index contributed by atoms with van der Waals surface area (Å²) in [5.41, 5.74) is 0.863. The Bertz CT molecular complexity index is 1040. The van der Waals surface area contributed by atoms with Crippen LogP contribution in [0.15, 0.2) is 30.5 Å². The van der Waals surface area contributed by atoms with Crippen LogP contribution in [0.4, 0.5) is 30.6 Å². The van der Waals surface area contributed by atoms with Crippen LogP contribution < -0.4 is 19.9 Å². The highest BCUT2D eigenvalue weighted by molar-refractivity contribution is 6.00. The molecule has 1 aromatic heterocycles. The highest BCUT2D eigenvalue weighted by Gasteiger charge is 2.41. The second-order valence-corrected chi connectivity index (χ2v) is 9.70. The molecule has 1 aliphatic carbocycles. The first-order valence-electron chi connectivity index (χ1n) is 11.5. The van der Waals surface area contributed by atoms with Crippen molar-refractivity contribution in [3.8, 4) is 5.75 Å². The molecule has 34 heavy (non-hydrogen) atoms. The Balaban J connectivity index is 1.60. The number of ether oxygens (including phenoxy) is 1. The van der Waals surface area contributed by atoms with Gasteiger partial charge in [0.1, 0.15) is 11.4 Å². The van der Waals surface area contributed by atoms with Crippen LogP contribution in [0.3, 0.4) is 0 Å². The molecule has 0 spiro atoms. The maximum absolute atomic E-state index is 13.1. The first-order valence-corrected chi connectivity index (χ1v) is 11.5. The molecule has 0 saturated heterocycles. The zero-order valence-electron chi connectivity index (χ0n) is 19.8. The first-order chi connectivity index (χ1) is 15.9. The van der Waals surface area contributed by atoms with Crippen LogP contribution in [-0.2, 0) is 4.79 Å². The quantitative estimate of drug-likeness (QED) is 0.630. The second-order valence-electron chi connectivity index (χ2n) is 9.70. The molecule has 2 aromatic rings. The number of alkyl halides is 3. The van der Waals surface area contributed by atoms with E-state index in [4.69, 9.17) is 4.98 Å². The molecule has 10 heteroatoms. The average Bonchev–Trinajstić information content (AvgIpc) is 3.28. The van der Waals surface area contributed by atoms with Gasteiger partial charge in [-0.2, -0.15) is 4.98 Å². The van der Waals surface area contributed by atoms with Gasteiger partial charge in [-0.05, 0) is 51.3 Å². The van der Waals surface area contributed by atoms with Crippen LogP contribution in [0.2, 0.25) is 0 Å². The molecule has 2 heterocycles. The smallest absolute Gasteiger partial charge is 0.406 e. The van der Waals surface area contributed by atoms with E-state index in [0.717, 1.165) is 37.1 Å². The lowest BCUT2D eigenvalue weighted by Gasteiger charge is -2.34. The van der Waals surface area contributed by atoms with Crippen molar-refractivity contribution in [1.82, 2.24) is 9.97 Å². The fourth-order valence-corrected chi connectivity index (χ4v) is 4.77. The molecule has 1 N–H and O–H groups in total. The molecular weight excluding hydrogens is 447 g/mol. The number of aromatic nitrogens is 2. The molecule has 7 nitrogen and oxygen atoms in total. The summed E-state index contributed by atoms with van der Waals surface area (Å²) in [7, 11) is 1.75. The van der Waals surface area contributed by atoms with Gasteiger partial charge in [-0.3, -0.25) is 4.79 Å². The van der Waals surface area contributed by atoms with Gasteiger partial charge in [0.25, 0.3) is 0 Å². The number of fused-ring (bicyclic) bond motifs is 1. The lowest BCUT2D eigenvalue weighted by Crippen LogP contribution is -2.45. The molecule has 1 atom stereocenters. The Labute approximate surface area is 197 Å². The number of nitrogens with one attached hydrogen (secondary N) is 1. The number of rotatable bonds is 5. The third-order valence-electron chi connectivity index (χ3n) is 6.56. The van der Waals surface area contributed by atoms with Crippen molar-refractivity contribution < 1.29 is 22.7 Å². The summed E-state index contributed by atoms with van der Waals surface area (Å²) in [6.45, 7) is 6.36. The van der Waals surface area contributed by atoms with E-state index in [2.05, 4.69) is 19.9 Å². The van der Waals surface area contributed by atoms with Crippen molar-refractivity contribution in [2.24, 2.45) is 5.41 Å². The summed E-state index contributed by atoms with van der Waals surface area (Å²) >= 11 is 0. The molecule has 1 saturated carbocycles. The van der Waals surface area contributed by atoms with Crippen molar-refractivity contribution in [1.29, 1.82) is 0 Å². The van der Waals surface area contributed by atoms with Crippen LogP contribution >= 0.6 is 0 Å². The van der Waals surface area contributed by atoms with Gasteiger partial charge in [-0.25, -0.2) is 4.98 Å². The van der Waals surface area contributed by atoms with Crippen LogP contribution in [0, 0.1) is 5.41 Å². The molecule has 0 unspecified atom stereocenters. The van der Waals surface area contributed by atoms with E-state index < -0.39 is 11.8 Å². The van der Waals surface area contributed by atoms with E-state index >= 15 is 0 Å². The molecular formula is C24H30F3N5O2. The van der Waals surface area contributed by atoms with Crippen molar-refractivity contribution >= 4 is 23.4 Å². The zero-order chi connectivity index (χ0) is 24.7. The number of carbonyl (C=O) groups is 1. The number of carbonyl (C=O) groups excluding carboxylic acids is 1. The number of nitrogens with zero attached hydrogens (tertiary/aromatic N) is 4. The van der Waals surface area contributed by atoms with Gasteiger partial charge >= 0.3 is 6.36 Å².